The summed E-state index contributed by atoms with van der Waals surface area (Å²) in [6.07, 6.45) is 2.03. The molecule has 1 heterocycles. The molecule has 0 aliphatic heterocycles. The molecule has 0 radical (unpaired) electrons. The number of aryl methyl sites for hydroxylation is 1. The van der Waals surface area contributed by atoms with Gasteiger partial charge in [0.05, 0.1) is 11.5 Å². The summed E-state index contributed by atoms with van der Waals surface area (Å²) in [7, 11) is -3.75. The van der Waals surface area contributed by atoms with E-state index in [1.807, 2.05) is 6.92 Å². The largest absolute Gasteiger partial charge is 0.392 e. The van der Waals surface area contributed by atoms with Crippen LogP contribution in [0.4, 0.5) is 5.82 Å². The Labute approximate surface area is 117 Å². The highest BCUT2D eigenvalue weighted by Crippen LogP contribution is 2.21. The van der Waals surface area contributed by atoms with Crippen molar-refractivity contribution in [2.24, 2.45) is 0 Å². The first kappa shape index (κ1) is 14.4. The van der Waals surface area contributed by atoms with Crippen molar-refractivity contribution in [1.29, 1.82) is 0 Å². The van der Waals surface area contributed by atoms with Gasteiger partial charge in [-0.2, -0.15) is 5.10 Å². The maximum Gasteiger partial charge on any atom is 0.263 e. The van der Waals surface area contributed by atoms with E-state index in [9.17, 15) is 8.42 Å². The highest BCUT2D eigenvalue weighted by Gasteiger charge is 2.19. The monoisotopic (exact) mass is 293 g/mol. The summed E-state index contributed by atoms with van der Waals surface area (Å²) < 4.78 is 27.2. The van der Waals surface area contributed by atoms with E-state index in [1.165, 1.54) is 18.3 Å². The van der Waals surface area contributed by atoms with Gasteiger partial charge in [-0.15, -0.1) is 5.10 Å². The van der Waals surface area contributed by atoms with E-state index in [2.05, 4.69) is 14.9 Å². The Hall–Kier alpha value is -1.99. The Morgan fingerprint density at radius 2 is 2.10 bits per heavy atom. The molecule has 2 rings (SSSR count). The number of aliphatic hydroxyl groups excluding tert-OH is 1. The molecule has 0 fully saturated rings. The first-order valence-corrected chi connectivity index (χ1v) is 7.58. The lowest BCUT2D eigenvalue weighted by molar-refractivity contribution is 0.281. The van der Waals surface area contributed by atoms with E-state index >= 15 is 0 Å². The van der Waals surface area contributed by atoms with Crippen molar-refractivity contribution in [3.05, 3.63) is 47.7 Å². The first-order valence-electron chi connectivity index (χ1n) is 6.10. The molecule has 106 valence electrons. The number of benzene rings is 1. The van der Waals surface area contributed by atoms with Gasteiger partial charge < -0.3 is 5.11 Å². The molecule has 0 bridgehead atoms. The molecule has 0 saturated carbocycles. The lowest BCUT2D eigenvalue weighted by Crippen LogP contribution is -2.16. The Morgan fingerprint density at radius 3 is 2.70 bits per heavy atom. The van der Waals surface area contributed by atoms with Gasteiger partial charge in [-0.05, 0) is 35.7 Å². The predicted octanol–water partition coefficient (Wildman–Crippen LogP) is 1.33. The number of aromatic nitrogens is 2. The molecular formula is C13H15N3O3S. The molecule has 0 aliphatic carbocycles. The van der Waals surface area contributed by atoms with Gasteiger partial charge in [0.1, 0.15) is 0 Å². The van der Waals surface area contributed by atoms with Crippen molar-refractivity contribution in [2.45, 2.75) is 24.8 Å². The number of sulfonamides is 1. The molecule has 1 aromatic carbocycles. The number of anilines is 1. The summed E-state index contributed by atoms with van der Waals surface area (Å²) in [5.41, 5.74) is 1.22. The van der Waals surface area contributed by atoms with Gasteiger partial charge in [-0.1, -0.05) is 19.1 Å². The van der Waals surface area contributed by atoms with Gasteiger partial charge in [0.15, 0.2) is 5.82 Å². The molecule has 0 atom stereocenters. The van der Waals surface area contributed by atoms with Crippen molar-refractivity contribution < 1.29 is 13.5 Å². The summed E-state index contributed by atoms with van der Waals surface area (Å²) in [5.74, 6) is 0.156. The van der Waals surface area contributed by atoms with Gasteiger partial charge in [0.25, 0.3) is 10.0 Å². The van der Waals surface area contributed by atoms with Crippen LogP contribution in [-0.4, -0.2) is 23.7 Å². The van der Waals surface area contributed by atoms with Crippen LogP contribution in [0.3, 0.4) is 0 Å². The van der Waals surface area contributed by atoms with Gasteiger partial charge in [0, 0.05) is 6.20 Å². The van der Waals surface area contributed by atoms with Crippen LogP contribution in [0.2, 0.25) is 0 Å². The van der Waals surface area contributed by atoms with E-state index in [1.54, 1.807) is 18.2 Å². The fraction of sp³-hybridized carbons (Fsp3) is 0.231. The van der Waals surface area contributed by atoms with Gasteiger partial charge >= 0.3 is 0 Å². The van der Waals surface area contributed by atoms with Crippen LogP contribution in [0, 0.1) is 0 Å². The van der Waals surface area contributed by atoms with E-state index < -0.39 is 10.0 Å². The molecule has 6 nitrogen and oxygen atoms in total. The van der Waals surface area contributed by atoms with E-state index in [4.69, 9.17) is 5.11 Å². The molecule has 1 aromatic heterocycles. The van der Waals surface area contributed by atoms with Crippen LogP contribution < -0.4 is 4.72 Å². The minimum Gasteiger partial charge on any atom is -0.392 e. The van der Waals surface area contributed by atoms with Crippen molar-refractivity contribution >= 4 is 15.8 Å². The summed E-state index contributed by atoms with van der Waals surface area (Å²) >= 11 is 0. The normalized spacial score (nSPS) is 11.3. The lowest BCUT2D eigenvalue weighted by atomic mass is 10.1. The highest BCUT2D eigenvalue weighted by atomic mass is 32.2. The third-order valence-electron chi connectivity index (χ3n) is 2.80. The zero-order valence-corrected chi connectivity index (χ0v) is 11.8. The molecule has 0 amide bonds. The fourth-order valence-corrected chi connectivity index (χ4v) is 3.15. The molecule has 20 heavy (non-hydrogen) atoms. The Balaban J connectivity index is 2.43. The lowest BCUT2D eigenvalue weighted by Gasteiger charge is -2.11. The molecule has 0 spiro atoms. The average Bonchev–Trinajstić information content (AvgIpc) is 2.47. The maximum absolute atomic E-state index is 12.4. The summed E-state index contributed by atoms with van der Waals surface area (Å²) in [4.78, 5) is 0.150. The van der Waals surface area contributed by atoms with Crippen LogP contribution >= 0.6 is 0 Å². The molecule has 0 saturated heterocycles. The zero-order chi connectivity index (χ0) is 14.6. The van der Waals surface area contributed by atoms with Crippen molar-refractivity contribution in [1.82, 2.24) is 10.2 Å². The van der Waals surface area contributed by atoms with Crippen LogP contribution in [0.25, 0.3) is 0 Å². The molecule has 2 N–H and O–H groups in total. The standard InChI is InChI=1S/C13H15N3O3S/c1-2-11-6-5-10(9-17)8-12(11)20(18,19)16-13-4-3-7-14-15-13/h3-8,17H,2,9H2,1H3,(H,15,16). The van der Waals surface area contributed by atoms with Crippen molar-refractivity contribution in [3.8, 4) is 0 Å². The fourth-order valence-electron chi connectivity index (χ4n) is 1.79. The number of nitrogens with one attached hydrogen (secondary N) is 1. The van der Waals surface area contributed by atoms with Gasteiger partial charge in [0.2, 0.25) is 0 Å². The molecule has 0 unspecified atom stereocenters. The topological polar surface area (TPSA) is 92.2 Å². The van der Waals surface area contributed by atoms with Crippen LogP contribution in [0.5, 0.6) is 0 Å². The van der Waals surface area contributed by atoms with Crippen LogP contribution in [0.15, 0.2) is 41.4 Å². The quantitative estimate of drug-likeness (QED) is 0.867. The summed E-state index contributed by atoms with van der Waals surface area (Å²) in [6, 6.07) is 8.00. The van der Waals surface area contributed by atoms with Gasteiger partial charge in [-0.3, -0.25) is 4.72 Å². The van der Waals surface area contributed by atoms with Gasteiger partial charge in [-0.25, -0.2) is 8.42 Å². The van der Waals surface area contributed by atoms with E-state index in [0.29, 0.717) is 17.5 Å². The number of rotatable bonds is 5. The Kier molecular flexibility index (Phi) is 4.31. The van der Waals surface area contributed by atoms with Crippen LogP contribution in [-0.2, 0) is 23.1 Å². The third kappa shape index (κ3) is 3.12. The number of hydrogen-bond donors (Lipinski definition) is 2. The van der Waals surface area contributed by atoms with E-state index in [0.717, 1.165) is 0 Å². The summed E-state index contributed by atoms with van der Waals surface area (Å²) in [5, 5.41) is 16.5. The third-order valence-corrected chi connectivity index (χ3v) is 4.23. The number of hydrogen-bond acceptors (Lipinski definition) is 5. The minimum atomic E-state index is -3.75. The number of aliphatic hydroxyl groups is 1. The van der Waals surface area contributed by atoms with E-state index in [-0.39, 0.29) is 17.3 Å². The summed E-state index contributed by atoms with van der Waals surface area (Å²) in [6.45, 7) is 1.66. The van der Waals surface area contributed by atoms with Crippen LogP contribution in [0.1, 0.15) is 18.1 Å². The average molecular weight is 293 g/mol. The molecular weight excluding hydrogens is 278 g/mol. The number of nitrogens with zero attached hydrogens (tertiary/aromatic N) is 2. The molecule has 2 aromatic rings. The molecule has 7 heteroatoms. The smallest absolute Gasteiger partial charge is 0.263 e. The second-order valence-electron chi connectivity index (χ2n) is 4.17. The highest BCUT2D eigenvalue weighted by molar-refractivity contribution is 7.92. The Morgan fingerprint density at radius 1 is 1.30 bits per heavy atom. The van der Waals surface area contributed by atoms with Crippen molar-refractivity contribution in [2.75, 3.05) is 4.72 Å². The second-order valence-corrected chi connectivity index (χ2v) is 5.82. The Bertz CT molecular complexity index is 687. The maximum atomic E-state index is 12.4. The second kappa shape index (κ2) is 5.98. The zero-order valence-electron chi connectivity index (χ0n) is 10.9. The van der Waals surface area contributed by atoms with Crippen molar-refractivity contribution in [3.63, 3.8) is 0 Å². The minimum absolute atomic E-state index is 0.150. The SMILES string of the molecule is CCc1ccc(CO)cc1S(=O)(=O)Nc1cccnn1. The molecule has 0 aliphatic rings. The predicted molar refractivity (Wildman–Crippen MR) is 74.6 cm³/mol. The first-order chi connectivity index (χ1) is 9.56.